The second-order valence-corrected chi connectivity index (χ2v) is 4.93. The van der Waals surface area contributed by atoms with E-state index < -0.39 is 0 Å². The van der Waals surface area contributed by atoms with Crippen LogP contribution < -0.4 is 0 Å². The summed E-state index contributed by atoms with van der Waals surface area (Å²) in [6.45, 7) is 0. The first-order valence-electron chi connectivity index (χ1n) is 7.30. The molecule has 0 amide bonds. The Kier molecular flexibility index (Phi) is 9.30. The van der Waals surface area contributed by atoms with Crippen molar-refractivity contribution in [2.75, 3.05) is 0 Å². The quantitative estimate of drug-likeness (QED) is 0.453. The minimum Gasteiger partial charge on any atom is -0.0885 e. The lowest BCUT2D eigenvalue weighted by molar-refractivity contribution is 0.599. The molecular formula is C16H28. The van der Waals surface area contributed by atoms with Gasteiger partial charge in [0.15, 0.2) is 0 Å². The summed E-state index contributed by atoms with van der Waals surface area (Å²) in [5.41, 5.74) is 0. The van der Waals surface area contributed by atoms with Gasteiger partial charge >= 0.3 is 0 Å². The fraction of sp³-hybridized carbons (Fsp3) is 0.750. The lowest BCUT2D eigenvalue weighted by Crippen LogP contribution is -1.80. The highest BCUT2D eigenvalue weighted by Gasteiger charge is 1.91. The highest BCUT2D eigenvalue weighted by molar-refractivity contribution is 4.84. The van der Waals surface area contributed by atoms with Crippen molar-refractivity contribution in [2.45, 2.75) is 77.0 Å². The van der Waals surface area contributed by atoms with Crippen molar-refractivity contribution in [3.8, 4) is 0 Å². The monoisotopic (exact) mass is 220 g/mol. The zero-order valence-electron chi connectivity index (χ0n) is 10.8. The van der Waals surface area contributed by atoms with Gasteiger partial charge < -0.3 is 0 Å². The number of hydrogen-bond donors (Lipinski definition) is 0. The van der Waals surface area contributed by atoms with Gasteiger partial charge in [-0.1, -0.05) is 50.0 Å². The van der Waals surface area contributed by atoms with Gasteiger partial charge in [-0.2, -0.15) is 0 Å². The maximum absolute atomic E-state index is 2.39. The van der Waals surface area contributed by atoms with Gasteiger partial charge in [0.2, 0.25) is 0 Å². The van der Waals surface area contributed by atoms with Gasteiger partial charge in [-0.3, -0.25) is 0 Å². The summed E-state index contributed by atoms with van der Waals surface area (Å²) >= 11 is 0. The summed E-state index contributed by atoms with van der Waals surface area (Å²) in [6.07, 6.45) is 26.0. The third-order valence-corrected chi connectivity index (χ3v) is 3.32. The Morgan fingerprint density at radius 2 is 0.562 bits per heavy atom. The first-order chi connectivity index (χ1) is 8.00. The smallest absolute Gasteiger partial charge is 0.0351 e. The van der Waals surface area contributed by atoms with Crippen molar-refractivity contribution in [3.05, 3.63) is 24.3 Å². The van der Waals surface area contributed by atoms with Crippen LogP contribution in [0, 0.1) is 0 Å². The lowest BCUT2D eigenvalue weighted by Gasteiger charge is -2.00. The van der Waals surface area contributed by atoms with Gasteiger partial charge in [0, 0.05) is 0 Å². The van der Waals surface area contributed by atoms with Gasteiger partial charge in [0.05, 0.1) is 0 Å². The number of hydrogen-bond acceptors (Lipinski definition) is 0. The molecule has 0 radical (unpaired) electrons. The lowest BCUT2D eigenvalue weighted by atomic mass is 10.1. The molecule has 0 heterocycles. The molecule has 92 valence electrons. The molecule has 0 aliphatic heterocycles. The first-order valence-corrected chi connectivity index (χ1v) is 7.30. The minimum atomic E-state index is 1.29. The summed E-state index contributed by atoms with van der Waals surface area (Å²) in [6, 6.07) is 0. The number of rotatable bonds is 0. The Hall–Kier alpha value is -0.520. The van der Waals surface area contributed by atoms with Crippen LogP contribution in [-0.2, 0) is 0 Å². The van der Waals surface area contributed by atoms with Crippen molar-refractivity contribution in [2.24, 2.45) is 0 Å². The normalized spacial score (nSPS) is 26.0. The molecule has 16 heavy (non-hydrogen) atoms. The second kappa shape index (κ2) is 11.0. The maximum Gasteiger partial charge on any atom is -0.0351 e. The van der Waals surface area contributed by atoms with Crippen LogP contribution in [0.15, 0.2) is 24.3 Å². The molecule has 0 aromatic heterocycles. The third-order valence-electron chi connectivity index (χ3n) is 3.32. The Bertz CT molecular complexity index is 166. The molecule has 0 N–H and O–H groups in total. The van der Waals surface area contributed by atoms with Gasteiger partial charge in [-0.25, -0.2) is 0 Å². The molecule has 0 fully saturated rings. The average Bonchev–Trinajstić information content (AvgIpc) is 2.29. The van der Waals surface area contributed by atoms with E-state index >= 15 is 0 Å². The Morgan fingerprint density at radius 3 is 0.938 bits per heavy atom. The molecule has 0 heteroatoms. The maximum atomic E-state index is 2.39. The van der Waals surface area contributed by atoms with E-state index in [9.17, 15) is 0 Å². The molecule has 0 bridgehead atoms. The van der Waals surface area contributed by atoms with Crippen LogP contribution in [0.1, 0.15) is 77.0 Å². The molecule has 1 aliphatic rings. The zero-order chi connectivity index (χ0) is 11.3. The van der Waals surface area contributed by atoms with E-state index in [0.29, 0.717) is 0 Å². The van der Waals surface area contributed by atoms with Crippen molar-refractivity contribution < 1.29 is 0 Å². The first kappa shape index (κ1) is 13.5. The zero-order valence-corrected chi connectivity index (χ0v) is 10.8. The molecule has 0 saturated carbocycles. The standard InChI is InChI=1S/C16H28/c1-2-4-6-8-10-12-14-16-15-13-11-9-7-5-3-1/h1-2,11,13H,3-10,12,14-16H2/b2-1-,13-11-. The SMILES string of the molecule is C1=C\CCCCCCCC/C=C\CCCC/1. The van der Waals surface area contributed by atoms with Crippen LogP contribution in [0.2, 0.25) is 0 Å². The van der Waals surface area contributed by atoms with Gasteiger partial charge in [-0.15, -0.1) is 0 Å². The average molecular weight is 220 g/mol. The highest BCUT2D eigenvalue weighted by atomic mass is 14.0. The molecule has 1 rings (SSSR count). The fourth-order valence-corrected chi connectivity index (χ4v) is 2.23. The van der Waals surface area contributed by atoms with Crippen LogP contribution in [0.3, 0.4) is 0 Å². The van der Waals surface area contributed by atoms with E-state index in [-0.39, 0.29) is 0 Å². The van der Waals surface area contributed by atoms with E-state index in [1.807, 2.05) is 0 Å². The Labute approximate surface area is 102 Å². The molecule has 0 aromatic carbocycles. The topological polar surface area (TPSA) is 0 Å². The molecule has 0 aromatic rings. The predicted octanol–water partition coefficient (Wildman–Crippen LogP) is 5.79. The van der Waals surface area contributed by atoms with E-state index in [1.165, 1.54) is 77.0 Å². The molecule has 0 unspecified atom stereocenters. The summed E-state index contributed by atoms with van der Waals surface area (Å²) in [7, 11) is 0. The van der Waals surface area contributed by atoms with E-state index in [4.69, 9.17) is 0 Å². The van der Waals surface area contributed by atoms with Crippen molar-refractivity contribution in [3.63, 3.8) is 0 Å². The van der Waals surface area contributed by atoms with Gasteiger partial charge in [0.1, 0.15) is 0 Å². The second-order valence-electron chi connectivity index (χ2n) is 4.93. The number of allylic oxidation sites excluding steroid dienone is 4. The van der Waals surface area contributed by atoms with Gasteiger partial charge in [0.25, 0.3) is 0 Å². The molecule has 0 saturated heterocycles. The molecule has 0 spiro atoms. The molecule has 0 atom stereocenters. The van der Waals surface area contributed by atoms with Gasteiger partial charge in [-0.05, 0) is 51.4 Å². The minimum absolute atomic E-state index is 1.29. The molecule has 0 nitrogen and oxygen atoms in total. The fourth-order valence-electron chi connectivity index (χ4n) is 2.23. The Morgan fingerprint density at radius 1 is 0.312 bits per heavy atom. The molecule has 1 aliphatic carbocycles. The van der Waals surface area contributed by atoms with E-state index in [0.717, 1.165) is 0 Å². The van der Waals surface area contributed by atoms with E-state index in [1.54, 1.807) is 0 Å². The predicted molar refractivity (Wildman–Crippen MR) is 73.7 cm³/mol. The highest BCUT2D eigenvalue weighted by Crippen LogP contribution is 2.11. The van der Waals surface area contributed by atoms with Crippen LogP contribution in [0.4, 0.5) is 0 Å². The largest absolute Gasteiger partial charge is 0.0885 e. The molecular weight excluding hydrogens is 192 g/mol. The summed E-state index contributed by atoms with van der Waals surface area (Å²) in [4.78, 5) is 0. The van der Waals surface area contributed by atoms with E-state index in [2.05, 4.69) is 24.3 Å². The van der Waals surface area contributed by atoms with Crippen LogP contribution >= 0.6 is 0 Å². The van der Waals surface area contributed by atoms with Crippen molar-refractivity contribution in [1.29, 1.82) is 0 Å². The summed E-state index contributed by atoms with van der Waals surface area (Å²) in [5, 5.41) is 0. The van der Waals surface area contributed by atoms with Crippen molar-refractivity contribution in [1.82, 2.24) is 0 Å². The van der Waals surface area contributed by atoms with Crippen LogP contribution in [0.25, 0.3) is 0 Å². The van der Waals surface area contributed by atoms with Crippen LogP contribution in [0.5, 0.6) is 0 Å². The van der Waals surface area contributed by atoms with Crippen LogP contribution in [-0.4, -0.2) is 0 Å². The third kappa shape index (κ3) is 8.76. The summed E-state index contributed by atoms with van der Waals surface area (Å²) in [5.74, 6) is 0. The summed E-state index contributed by atoms with van der Waals surface area (Å²) < 4.78 is 0. The Balaban J connectivity index is 2.14. The van der Waals surface area contributed by atoms with Crippen molar-refractivity contribution >= 4 is 0 Å².